The average molecular weight is 392 g/mol. The van der Waals surface area contributed by atoms with Crippen LogP contribution in [-0.2, 0) is 16.0 Å². The fourth-order valence-electron chi connectivity index (χ4n) is 3.55. The van der Waals surface area contributed by atoms with Crippen molar-refractivity contribution in [1.29, 1.82) is 0 Å². The zero-order valence-electron chi connectivity index (χ0n) is 17.6. The number of benzene rings is 1. The molecular weight excluding hydrogens is 354 g/mol. The van der Waals surface area contributed by atoms with Crippen LogP contribution in [0, 0.1) is 11.8 Å². The Labute approximate surface area is 169 Å². The molecule has 1 aromatic carbocycles. The summed E-state index contributed by atoms with van der Waals surface area (Å²) in [4.78, 5) is 23.7. The Kier molecular flexibility index (Phi) is 11.3. The van der Waals surface area contributed by atoms with Gasteiger partial charge in [0.25, 0.3) is 0 Å². The van der Waals surface area contributed by atoms with Gasteiger partial charge in [-0.3, -0.25) is 4.79 Å². The third-order valence-electron chi connectivity index (χ3n) is 5.23. The number of aromatic hydroxyl groups is 1. The van der Waals surface area contributed by atoms with Crippen LogP contribution in [0.3, 0.4) is 0 Å². The van der Waals surface area contributed by atoms with Crippen molar-refractivity contribution in [2.75, 3.05) is 0 Å². The molecule has 28 heavy (non-hydrogen) atoms. The van der Waals surface area contributed by atoms with E-state index < -0.39 is 12.0 Å². The molecule has 3 atom stereocenters. The normalized spacial score (nSPS) is 14.2. The largest absolute Gasteiger partial charge is 0.508 e. The van der Waals surface area contributed by atoms with E-state index in [1.165, 1.54) is 44.2 Å². The van der Waals surface area contributed by atoms with E-state index in [2.05, 4.69) is 26.1 Å². The number of carboxylic acids is 1. The standard InChI is InChI=1S/C23H37NO4/c1-4-5-6-7-8-17(2)15-18(3)9-14-22(26)24-21(23(27)28)16-19-10-12-20(25)13-11-19/h10-13,17-18,21,25H,4-9,14-16H2,1-3H3,(H,24,26)(H,27,28)/t17-,18?,21+/m1/s1. The minimum absolute atomic E-state index is 0.133. The van der Waals surface area contributed by atoms with E-state index in [9.17, 15) is 19.8 Å². The number of carbonyl (C=O) groups is 2. The molecule has 158 valence electrons. The van der Waals surface area contributed by atoms with Gasteiger partial charge in [0.2, 0.25) is 5.91 Å². The molecule has 0 heterocycles. The van der Waals surface area contributed by atoms with Crippen molar-refractivity contribution in [3.8, 4) is 5.75 Å². The van der Waals surface area contributed by atoms with Crippen LogP contribution in [0.5, 0.6) is 5.75 Å². The molecule has 1 rings (SSSR count). The molecule has 0 spiro atoms. The van der Waals surface area contributed by atoms with Gasteiger partial charge in [-0.1, -0.05) is 65.0 Å². The minimum Gasteiger partial charge on any atom is -0.508 e. The molecule has 0 aliphatic carbocycles. The number of phenolic OH excluding ortho intramolecular Hbond substituents is 1. The predicted molar refractivity (Wildman–Crippen MR) is 112 cm³/mol. The second-order valence-corrected chi connectivity index (χ2v) is 8.16. The maximum Gasteiger partial charge on any atom is 0.326 e. The molecule has 0 saturated carbocycles. The van der Waals surface area contributed by atoms with Gasteiger partial charge < -0.3 is 15.5 Å². The van der Waals surface area contributed by atoms with Gasteiger partial charge in [0.1, 0.15) is 11.8 Å². The summed E-state index contributed by atoms with van der Waals surface area (Å²) < 4.78 is 0. The van der Waals surface area contributed by atoms with Crippen LogP contribution >= 0.6 is 0 Å². The summed E-state index contributed by atoms with van der Waals surface area (Å²) in [6.07, 6.45) is 8.81. The highest BCUT2D eigenvalue weighted by molar-refractivity contribution is 5.83. The topological polar surface area (TPSA) is 86.6 Å². The maximum absolute atomic E-state index is 12.2. The first-order chi connectivity index (χ1) is 13.3. The molecule has 0 radical (unpaired) electrons. The van der Waals surface area contributed by atoms with Crippen LogP contribution in [0.1, 0.15) is 77.7 Å². The van der Waals surface area contributed by atoms with E-state index >= 15 is 0 Å². The summed E-state index contributed by atoms with van der Waals surface area (Å²) in [6, 6.07) is 5.41. The van der Waals surface area contributed by atoms with E-state index in [0.717, 1.165) is 18.4 Å². The first-order valence-corrected chi connectivity index (χ1v) is 10.6. The van der Waals surface area contributed by atoms with Crippen molar-refractivity contribution < 1.29 is 19.8 Å². The minimum atomic E-state index is -1.05. The quantitative estimate of drug-likeness (QED) is 0.393. The molecular formula is C23H37NO4. The van der Waals surface area contributed by atoms with E-state index in [1.807, 2.05) is 0 Å². The molecule has 0 fully saturated rings. The molecule has 1 unspecified atom stereocenters. The van der Waals surface area contributed by atoms with Crippen LogP contribution in [0.2, 0.25) is 0 Å². The van der Waals surface area contributed by atoms with Crippen molar-refractivity contribution in [3.63, 3.8) is 0 Å². The third kappa shape index (κ3) is 10.3. The number of nitrogens with one attached hydrogen (secondary N) is 1. The van der Waals surface area contributed by atoms with Crippen LogP contribution < -0.4 is 5.32 Å². The fourth-order valence-corrected chi connectivity index (χ4v) is 3.55. The van der Waals surface area contributed by atoms with Gasteiger partial charge in [-0.05, 0) is 42.4 Å². The summed E-state index contributed by atoms with van der Waals surface area (Å²) in [7, 11) is 0. The Morgan fingerprint density at radius 2 is 1.64 bits per heavy atom. The molecule has 1 aromatic rings. The molecule has 0 aliphatic heterocycles. The van der Waals surface area contributed by atoms with Gasteiger partial charge >= 0.3 is 5.97 Å². The Balaban J connectivity index is 2.35. The Hall–Kier alpha value is -2.04. The molecule has 5 heteroatoms. The number of unbranched alkanes of at least 4 members (excludes halogenated alkanes) is 3. The number of carboxylic acid groups (broad SMARTS) is 1. The van der Waals surface area contributed by atoms with Gasteiger partial charge in [-0.15, -0.1) is 0 Å². The van der Waals surface area contributed by atoms with Crippen molar-refractivity contribution in [1.82, 2.24) is 5.32 Å². The van der Waals surface area contributed by atoms with E-state index in [-0.39, 0.29) is 18.1 Å². The average Bonchev–Trinajstić information content (AvgIpc) is 2.64. The monoisotopic (exact) mass is 391 g/mol. The second kappa shape index (κ2) is 13.2. The lowest BCUT2D eigenvalue weighted by molar-refractivity contribution is -0.141. The number of phenols is 1. The van der Waals surface area contributed by atoms with E-state index in [1.54, 1.807) is 12.1 Å². The van der Waals surface area contributed by atoms with Crippen molar-refractivity contribution >= 4 is 11.9 Å². The van der Waals surface area contributed by atoms with Gasteiger partial charge in [-0.2, -0.15) is 0 Å². The van der Waals surface area contributed by atoms with Crippen LogP contribution in [0.15, 0.2) is 24.3 Å². The zero-order chi connectivity index (χ0) is 20.9. The van der Waals surface area contributed by atoms with Crippen molar-refractivity contribution in [2.24, 2.45) is 11.8 Å². The van der Waals surface area contributed by atoms with E-state index in [4.69, 9.17) is 0 Å². The first kappa shape index (κ1) is 24.0. The van der Waals surface area contributed by atoms with Crippen molar-refractivity contribution in [2.45, 2.75) is 84.6 Å². The Bertz CT molecular complexity index is 585. The predicted octanol–water partition coefficient (Wildman–Crippen LogP) is 4.92. The summed E-state index contributed by atoms with van der Waals surface area (Å²) in [6.45, 7) is 6.66. The van der Waals surface area contributed by atoms with E-state index in [0.29, 0.717) is 18.3 Å². The number of carbonyl (C=O) groups excluding carboxylic acids is 1. The van der Waals surface area contributed by atoms with Gasteiger partial charge in [0, 0.05) is 12.8 Å². The number of aliphatic carboxylic acids is 1. The number of hydrogen-bond acceptors (Lipinski definition) is 3. The highest BCUT2D eigenvalue weighted by atomic mass is 16.4. The summed E-state index contributed by atoms with van der Waals surface area (Å²) in [5.74, 6) is -0.0134. The van der Waals surface area contributed by atoms with Gasteiger partial charge in [0.15, 0.2) is 0 Å². The smallest absolute Gasteiger partial charge is 0.326 e. The molecule has 1 amide bonds. The van der Waals surface area contributed by atoms with Gasteiger partial charge in [0.05, 0.1) is 0 Å². The van der Waals surface area contributed by atoms with Crippen LogP contribution in [0.25, 0.3) is 0 Å². The molecule has 0 aliphatic rings. The highest BCUT2D eigenvalue weighted by Gasteiger charge is 2.21. The van der Waals surface area contributed by atoms with Crippen LogP contribution in [-0.4, -0.2) is 28.1 Å². The Morgan fingerprint density at radius 3 is 2.25 bits per heavy atom. The lowest BCUT2D eigenvalue weighted by Crippen LogP contribution is -2.42. The number of hydrogen-bond donors (Lipinski definition) is 3. The molecule has 5 nitrogen and oxygen atoms in total. The maximum atomic E-state index is 12.2. The molecule has 0 saturated heterocycles. The lowest BCUT2D eigenvalue weighted by Gasteiger charge is -2.18. The first-order valence-electron chi connectivity index (χ1n) is 10.6. The fraction of sp³-hybridized carbons (Fsp3) is 0.652. The molecule has 0 bridgehead atoms. The highest BCUT2D eigenvalue weighted by Crippen LogP contribution is 2.21. The third-order valence-corrected chi connectivity index (χ3v) is 5.23. The molecule has 0 aromatic heterocycles. The number of amides is 1. The lowest BCUT2D eigenvalue weighted by atomic mass is 9.90. The Morgan fingerprint density at radius 1 is 1.00 bits per heavy atom. The zero-order valence-corrected chi connectivity index (χ0v) is 17.6. The molecule has 3 N–H and O–H groups in total. The summed E-state index contributed by atoms with van der Waals surface area (Å²) in [5.41, 5.74) is 0.760. The number of rotatable bonds is 14. The van der Waals surface area contributed by atoms with Gasteiger partial charge in [-0.25, -0.2) is 4.79 Å². The second-order valence-electron chi connectivity index (χ2n) is 8.16. The van der Waals surface area contributed by atoms with Crippen LogP contribution in [0.4, 0.5) is 0 Å². The summed E-state index contributed by atoms with van der Waals surface area (Å²) >= 11 is 0. The SMILES string of the molecule is CCCCCC[C@@H](C)CC(C)CCC(=O)N[C@@H](Cc1ccc(O)cc1)C(=O)O. The van der Waals surface area contributed by atoms with Crippen molar-refractivity contribution in [3.05, 3.63) is 29.8 Å². The summed E-state index contributed by atoms with van der Waals surface area (Å²) in [5, 5.41) is 21.3.